The lowest BCUT2D eigenvalue weighted by molar-refractivity contribution is 0.0728. The first-order chi connectivity index (χ1) is 13.4. The number of esters is 1. The van der Waals surface area contributed by atoms with E-state index in [4.69, 9.17) is 38.4 Å². The van der Waals surface area contributed by atoms with Gasteiger partial charge in [-0.25, -0.2) is 4.79 Å². The van der Waals surface area contributed by atoms with Crippen molar-refractivity contribution < 1.29 is 19.1 Å². The Morgan fingerprint density at radius 2 is 1.89 bits per heavy atom. The Balaban J connectivity index is 1.94. The molecule has 3 aromatic rings. The van der Waals surface area contributed by atoms with Gasteiger partial charge in [0.05, 0.1) is 17.2 Å². The van der Waals surface area contributed by atoms with Crippen LogP contribution in [0, 0.1) is 0 Å². The Hall–Kier alpha value is -3.10. The normalized spacial score (nSPS) is 10.5. The second-order valence-corrected chi connectivity index (χ2v) is 6.34. The number of amides is 1. The smallest absolute Gasteiger partial charge is 0.345 e. The van der Waals surface area contributed by atoms with Crippen LogP contribution in [0.4, 0.5) is 0 Å². The van der Waals surface area contributed by atoms with Crippen molar-refractivity contribution in [3.8, 4) is 22.8 Å². The minimum atomic E-state index is -0.727. The highest BCUT2D eigenvalue weighted by molar-refractivity contribution is 6.36. The highest BCUT2D eigenvalue weighted by Crippen LogP contribution is 2.34. The number of nitrogens with two attached hydrogens (primary N) is 1. The lowest BCUT2D eigenvalue weighted by atomic mass is 10.1. The zero-order valence-corrected chi connectivity index (χ0v) is 16.0. The zero-order chi connectivity index (χ0) is 20.3. The molecule has 0 bridgehead atoms. The van der Waals surface area contributed by atoms with Crippen molar-refractivity contribution in [2.45, 2.75) is 6.92 Å². The van der Waals surface area contributed by atoms with E-state index in [1.165, 1.54) is 24.3 Å². The topological polar surface area (TPSA) is 120 Å². The third-order valence-corrected chi connectivity index (χ3v) is 4.20. The van der Waals surface area contributed by atoms with Gasteiger partial charge in [0.15, 0.2) is 17.2 Å². The molecule has 0 aliphatic heterocycles. The molecule has 0 saturated heterocycles. The minimum Gasteiger partial charge on any atom is -0.490 e. The number of H-pyrrole nitrogens is 1. The van der Waals surface area contributed by atoms with Crippen LogP contribution in [0.3, 0.4) is 0 Å². The van der Waals surface area contributed by atoms with Gasteiger partial charge in [-0.1, -0.05) is 23.2 Å². The van der Waals surface area contributed by atoms with Crippen molar-refractivity contribution in [2.75, 3.05) is 6.61 Å². The van der Waals surface area contributed by atoms with E-state index in [9.17, 15) is 9.59 Å². The minimum absolute atomic E-state index is 0.0138. The van der Waals surface area contributed by atoms with Crippen LogP contribution in [0.2, 0.25) is 10.0 Å². The van der Waals surface area contributed by atoms with Crippen LogP contribution in [-0.2, 0) is 0 Å². The molecule has 0 saturated carbocycles. The van der Waals surface area contributed by atoms with Crippen LogP contribution in [0.15, 0.2) is 36.4 Å². The SMILES string of the molecule is CCOc1cc(-c2n[nH]nc2C(N)=O)ccc1OC(=O)c1ccc(Cl)cc1Cl. The number of carbonyl (C=O) groups excluding carboxylic acids is 2. The summed E-state index contributed by atoms with van der Waals surface area (Å²) < 4.78 is 11.0. The molecule has 0 spiro atoms. The number of rotatable bonds is 6. The fraction of sp³-hybridized carbons (Fsp3) is 0.111. The second kappa shape index (κ2) is 8.28. The second-order valence-electron chi connectivity index (χ2n) is 5.49. The molecular weight excluding hydrogens is 407 g/mol. The lowest BCUT2D eigenvalue weighted by Crippen LogP contribution is -2.13. The lowest BCUT2D eigenvalue weighted by Gasteiger charge is -2.12. The Bertz CT molecular complexity index is 1050. The highest BCUT2D eigenvalue weighted by atomic mass is 35.5. The Morgan fingerprint density at radius 1 is 1.11 bits per heavy atom. The molecule has 3 rings (SSSR count). The number of benzene rings is 2. The largest absolute Gasteiger partial charge is 0.490 e. The average Bonchev–Trinajstić information content (AvgIpc) is 3.13. The first-order valence-electron chi connectivity index (χ1n) is 8.05. The zero-order valence-electron chi connectivity index (χ0n) is 14.5. The van der Waals surface area contributed by atoms with Crippen molar-refractivity contribution >= 4 is 35.1 Å². The fourth-order valence-corrected chi connectivity index (χ4v) is 2.91. The third kappa shape index (κ3) is 4.08. The Kier molecular flexibility index (Phi) is 5.81. The van der Waals surface area contributed by atoms with Crippen LogP contribution in [0.25, 0.3) is 11.3 Å². The van der Waals surface area contributed by atoms with Gasteiger partial charge in [-0.05, 0) is 43.3 Å². The standard InChI is InChI=1S/C18H14Cl2N4O4/c1-2-27-14-7-9(15-16(17(21)25)23-24-22-15)3-6-13(14)28-18(26)11-5-4-10(19)8-12(11)20/h3-8H,2H2,1H3,(H2,21,25)(H,22,23,24). The maximum Gasteiger partial charge on any atom is 0.345 e. The number of aromatic nitrogens is 3. The first kappa shape index (κ1) is 19.7. The van der Waals surface area contributed by atoms with Gasteiger partial charge in [0.25, 0.3) is 5.91 Å². The number of nitrogens with one attached hydrogen (secondary N) is 1. The number of hydrogen-bond donors (Lipinski definition) is 2. The maximum absolute atomic E-state index is 12.5. The van der Waals surface area contributed by atoms with Gasteiger partial charge in [-0.2, -0.15) is 15.4 Å². The van der Waals surface area contributed by atoms with Crippen LogP contribution in [0.1, 0.15) is 27.8 Å². The number of primary amides is 1. The first-order valence-corrected chi connectivity index (χ1v) is 8.81. The van der Waals surface area contributed by atoms with E-state index in [0.29, 0.717) is 17.2 Å². The molecule has 8 nitrogen and oxygen atoms in total. The fourth-order valence-electron chi connectivity index (χ4n) is 2.42. The maximum atomic E-state index is 12.5. The van der Waals surface area contributed by atoms with Gasteiger partial charge in [0.1, 0.15) is 5.69 Å². The molecule has 10 heteroatoms. The summed E-state index contributed by atoms with van der Waals surface area (Å²) in [5.41, 5.74) is 6.20. The molecule has 1 aromatic heterocycles. The van der Waals surface area contributed by atoms with E-state index >= 15 is 0 Å². The van der Waals surface area contributed by atoms with E-state index in [1.807, 2.05) is 0 Å². The van der Waals surface area contributed by atoms with Crippen molar-refractivity contribution in [1.29, 1.82) is 0 Å². The van der Waals surface area contributed by atoms with Gasteiger partial charge >= 0.3 is 5.97 Å². The summed E-state index contributed by atoms with van der Waals surface area (Å²) in [4.78, 5) is 23.9. The molecule has 1 amide bonds. The van der Waals surface area contributed by atoms with Gasteiger partial charge in [0.2, 0.25) is 0 Å². The number of nitrogens with zero attached hydrogens (tertiary/aromatic N) is 2. The van der Waals surface area contributed by atoms with Gasteiger partial charge in [0, 0.05) is 10.6 Å². The summed E-state index contributed by atoms with van der Waals surface area (Å²) in [5, 5.41) is 10.6. The summed E-state index contributed by atoms with van der Waals surface area (Å²) >= 11 is 11.9. The molecule has 0 fully saturated rings. The van der Waals surface area contributed by atoms with E-state index < -0.39 is 11.9 Å². The van der Waals surface area contributed by atoms with Crippen molar-refractivity contribution in [2.24, 2.45) is 5.73 Å². The molecule has 0 aliphatic rings. The van der Waals surface area contributed by atoms with Crippen molar-refractivity contribution in [1.82, 2.24) is 15.4 Å². The quantitative estimate of drug-likeness (QED) is 0.464. The number of halogens is 2. The summed E-state index contributed by atoms with van der Waals surface area (Å²) in [7, 11) is 0. The molecule has 0 atom stereocenters. The number of hydrogen-bond acceptors (Lipinski definition) is 6. The molecule has 2 aromatic carbocycles. The summed E-state index contributed by atoms with van der Waals surface area (Å²) in [6.07, 6.45) is 0. The predicted molar refractivity (Wildman–Crippen MR) is 103 cm³/mol. The van der Waals surface area contributed by atoms with E-state index in [1.54, 1.807) is 19.1 Å². The van der Waals surface area contributed by atoms with E-state index in [-0.39, 0.29) is 33.5 Å². The van der Waals surface area contributed by atoms with Gasteiger partial charge in [-0.3, -0.25) is 4.79 Å². The van der Waals surface area contributed by atoms with Crippen LogP contribution >= 0.6 is 23.2 Å². The molecule has 1 heterocycles. The van der Waals surface area contributed by atoms with Gasteiger partial charge in [-0.15, -0.1) is 0 Å². The third-order valence-electron chi connectivity index (χ3n) is 3.65. The van der Waals surface area contributed by atoms with Crippen molar-refractivity contribution in [3.63, 3.8) is 0 Å². The average molecular weight is 421 g/mol. The molecule has 3 N–H and O–H groups in total. The summed E-state index contributed by atoms with van der Waals surface area (Å²) in [5.74, 6) is -0.952. The molecule has 0 radical (unpaired) electrons. The van der Waals surface area contributed by atoms with Crippen LogP contribution in [0.5, 0.6) is 11.5 Å². The highest BCUT2D eigenvalue weighted by Gasteiger charge is 2.20. The van der Waals surface area contributed by atoms with Crippen molar-refractivity contribution in [3.05, 3.63) is 57.7 Å². The molecule has 0 unspecified atom stereocenters. The molecule has 144 valence electrons. The van der Waals surface area contributed by atoms with E-state index in [2.05, 4.69) is 15.4 Å². The molecule has 0 aliphatic carbocycles. The molecular formula is C18H14Cl2N4O4. The van der Waals surface area contributed by atoms with E-state index in [0.717, 1.165) is 0 Å². The van der Waals surface area contributed by atoms with Crippen LogP contribution in [-0.4, -0.2) is 33.9 Å². The summed E-state index contributed by atoms with van der Waals surface area (Å²) in [6, 6.07) is 9.13. The van der Waals surface area contributed by atoms with Gasteiger partial charge < -0.3 is 15.2 Å². The van der Waals surface area contributed by atoms with Crippen LogP contribution < -0.4 is 15.2 Å². The monoisotopic (exact) mass is 420 g/mol. The summed E-state index contributed by atoms with van der Waals surface area (Å²) in [6.45, 7) is 2.09. The Labute approximate surface area is 169 Å². The number of ether oxygens (including phenoxy) is 2. The number of aromatic amines is 1. The predicted octanol–water partition coefficient (Wildman–Crippen LogP) is 3.50. The molecule has 28 heavy (non-hydrogen) atoms. The number of carbonyl (C=O) groups is 2. The Morgan fingerprint density at radius 3 is 2.57 bits per heavy atom.